The van der Waals surface area contributed by atoms with E-state index < -0.39 is 10.8 Å². The first-order valence-electron chi connectivity index (χ1n) is 9.23. The summed E-state index contributed by atoms with van der Waals surface area (Å²) in [6, 6.07) is 29.5. The summed E-state index contributed by atoms with van der Waals surface area (Å²) in [5.74, 6) is -0.189. The molecule has 3 aromatic rings. The van der Waals surface area contributed by atoms with Crippen LogP contribution in [0.15, 0.2) is 91.0 Å². The van der Waals surface area contributed by atoms with E-state index in [1.807, 2.05) is 66.7 Å². The van der Waals surface area contributed by atoms with Gasteiger partial charge in [-0.05, 0) is 29.7 Å². The van der Waals surface area contributed by atoms with Crippen LogP contribution in [0.1, 0.15) is 24.0 Å². The fourth-order valence-corrected chi connectivity index (χ4v) is 4.83. The Bertz CT molecular complexity index is 975. The Hall–Kier alpha value is -3.20. The summed E-state index contributed by atoms with van der Waals surface area (Å²) >= 11 is 0. The van der Waals surface area contributed by atoms with Gasteiger partial charge < -0.3 is 0 Å². The molecule has 0 N–H and O–H groups in total. The standard InChI is InChI=1S/C24H19NO2/c26-21-16-23(22(27)25(21)20-14-8-3-9-15-20)17-24(23,18-10-4-1-5-11-18)19-12-6-2-7-13-19/h1-15H,16-17H2/t23-/m0/s1. The molecule has 2 aliphatic rings. The van der Waals surface area contributed by atoms with Crippen LogP contribution in [0.5, 0.6) is 0 Å². The number of hydrogen-bond donors (Lipinski definition) is 0. The van der Waals surface area contributed by atoms with E-state index in [2.05, 4.69) is 24.3 Å². The number of nitrogens with zero attached hydrogens (tertiary/aromatic N) is 1. The minimum atomic E-state index is -0.692. The molecule has 1 aliphatic heterocycles. The lowest BCUT2D eigenvalue weighted by Gasteiger charge is -2.23. The van der Waals surface area contributed by atoms with Crippen LogP contribution < -0.4 is 4.90 Å². The van der Waals surface area contributed by atoms with Gasteiger partial charge in [-0.25, -0.2) is 0 Å². The fraction of sp³-hybridized carbons (Fsp3) is 0.167. The molecule has 1 heterocycles. The smallest absolute Gasteiger partial charge is 0.241 e. The summed E-state index contributed by atoms with van der Waals surface area (Å²) < 4.78 is 0. The van der Waals surface area contributed by atoms with Gasteiger partial charge in [-0.15, -0.1) is 0 Å². The maximum absolute atomic E-state index is 13.6. The van der Waals surface area contributed by atoms with Gasteiger partial charge in [0.05, 0.1) is 11.1 Å². The molecule has 3 aromatic carbocycles. The lowest BCUT2D eigenvalue weighted by Crippen LogP contribution is -2.33. The average molecular weight is 353 g/mol. The van der Waals surface area contributed by atoms with Crippen LogP contribution in [0.2, 0.25) is 0 Å². The zero-order chi connectivity index (χ0) is 18.5. The fourth-order valence-electron chi connectivity index (χ4n) is 4.83. The van der Waals surface area contributed by atoms with Gasteiger partial charge in [0.15, 0.2) is 0 Å². The maximum atomic E-state index is 13.6. The quantitative estimate of drug-likeness (QED) is 0.658. The summed E-state index contributed by atoms with van der Waals surface area (Å²) in [4.78, 5) is 27.8. The number of anilines is 1. The molecule has 2 fully saturated rings. The molecule has 1 saturated carbocycles. The van der Waals surface area contributed by atoms with Crippen LogP contribution in [0.25, 0.3) is 0 Å². The van der Waals surface area contributed by atoms with Crippen LogP contribution >= 0.6 is 0 Å². The molecule has 2 amide bonds. The second-order valence-electron chi connectivity index (χ2n) is 7.44. The Labute approximate surface area is 158 Å². The van der Waals surface area contributed by atoms with Gasteiger partial charge in [0, 0.05) is 11.8 Å². The normalized spacial score (nSPS) is 23.0. The van der Waals surface area contributed by atoms with E-state index in [4.69, 9.17) is 0 Å². The molecule has 1 spiro atoms. The SMILES string of the molecule is O=C1C[C@]2(CC2(c2ccccc2)c2ccccc2)C(=O)N1c1ccccc1. The number of rotatable bonds is 3. The number of carbonyl (C=O) groups is 2. The summed E-state index contributed by atoms with van der Waals surface area (Å²) in [6.45, 7) is 0. The summed E-state index contributed by atoms with van der Waals surface area (Å²) in [6.07, 6.45) is 0.923. The van der Waals surface area contributed by atoms with Crippen molar-refractivity contribution in [3.8, 4) is 0 Å². The van der Waals surface area contributed by atoms with Crippen molar-refractivity contribution in [3.63, 3.8) is 0 Å². The monoisotopic (exact) mass is 353 g/mol. The lowest BCUT2D eigenvalue weighted by atomic mass is 9.79. The van der Waals surface area contributed by atoms with Crippen LogP contribution in [-0.2, 0) is 15.0 Å². The van der Waals surface area contributed by atoms with Crippen molar-refractivity contribution < 1.29 is 9.59 Å². The second kappa shape index (κ2) is 5.65. The average Bonchev–Trinajstić information content (AvgIpc) is 3.33. The van der Waals surface area contributed by atoms with Crippen LogP contribution in [0.3, 0.4) is 0 Å². The Balaban J connectivity index is 1.65. The van der Waals surface area contributed by atoms with Crippen LogP contribution in [0, 0.1) is 5.41 Å². The van der Waals surface area contributed by atoms with E-state index in [-0.39, 0.29) is 18.2 Å². The van der Waals surface area contributed by atoms with Gasteiger partial charge in [-0.1, -0.05) is 78.9 Å². The Morgan fingerprint density at radius 1 is 0.667 bits per heavy atom. The highest BCUT2D eigenvalue weighted by atomic mass is 16.2. The van der Waals surface area contributed by atoms with Gasteiger partial charge >= 0.3 is 0 Å². The van der Waals surface area contributed by atoms with Crippen LogP contribution in [0.4, 0.5) is 5.69 Å². The highest BCUT2D eigenvalue weighted by molar-refractivity contribution is 6.24. The molecule has 0 aromatic heterocycles. The highest BCUT2D eigenvalue weighted by Crippen LogP contribution is 2.72. The zero-order valence-corrected chi connectivity index (χ0v) is 14.8. The molecule has 3 heteroatoms. The Morgan fingerprint density at radius 3 is 1.67 bits per heavy atom. The third kappa shape index (κ3) is 2.08. The molecule has 3 nitrogen and oxygen atoms in total. The summed E-state index contributed by atoms with van der Waals surface area (Å²) in [7, 11) is 0. The number of para-hydroxylation sites is 1. The third-order valence-electron chi connectivity index (χ3n) is 6.12. The van der Waals surface area contributed by atoms with Crippen molar-refractivity contribution in [1.29, 1.82) is 0 Å². The van der Waals surface area contributed by atoms with Gasteiger partial charge in [-0.2, -0.15) is 0 Å². The van der Waals surface area contributed by atoms with Crippen molar-refractivity contribution in [1.82, 2.24) is 0 Å². The van der Waals surface area contributed by atoms with E-state index in [9.17, 15) is 9.59 Å². The molecular weight excluding hydrogens is 334 g/mol. The molecular formula is C24H19NO2. The van der Waals surface area contributed by atoms with E-state index in [1.165, 1.54) is 4.90 Å². The van der Waals surface area contributed by atoms with Gasteiger partial charge in [-0.3, -0.25) is 14.5 Å². The molecule has 0 radical (unpaired) electrons. The lowest BCUT2D eigenvalue weighted by molar-refractivity contribution is -0.123. The van der Waals surface area contributed by atoms with Gasteiger partial charge in [0.25, 0.3) is 0 Å². The number of amides is 2. The molecule has 1 saturated heterocycles. The minimum Gasteiger partial charge on any atom is -0.274 e. The number of hydrogen-bond acceptors (Lipinski definition) is 2. The molecule has 0 bridgehead atoms. The van der Waals surface area contributed by atoms with Gasteiger partial charge in [0.2, 0.25) is 11.8 Å². The molecule has 132 valence electrons. The first-order chi connectivity index (χ1) is 13.2. The van der Waals surface area contributed by atoms with Gasteiger partial charge in [0.1, 0.15) is 0 Å². The first-order valence-corrected chi connectivity index (χ1v) is 9.23. The Morgan fingerprint density at radius 2 is 1.15 bits per heavy atom. The number of imide groups is 1. The van der Waals surface area contributed by atoms with Crippen LogP contribution in [-0.4, -0.2) is 11.8 Å². The number of benzene rings is 3. The molecule has 5 rings (SSSR count). The van der Waals surface area contributed by atoms with Crippen molar-refractivity contribution in [2.24, 2.45) is 5.41 Å². The number of carbonyl (C=O) groups excluding carboxylic acids is 2. The largest absolute Gasteiger partial charge is 0.274 e. The van der Waals surface area contributed by atoms with Crippen molar-refractivity contribution in [2.75, 3.05) is 4.90 Å². The maximum Gasteiger partial charge on any atom is 0.241 e. The minimum absolute atomic E-state index is 0.0774. The second-order valence-corrected chi connectivity index (χ2v) is 7.44. The van der Waals surface area contributed by atoms with Crippen molar-refractivity contribution in [2.45, 2.75) is 18.3 Å². The van der Waals surface area contributed by atoms with Crippen molar-refractivity contribution >= 4 is 17.5 Å². The summed E-state index contributed by atoms with van der Waals surface area (Å²) in [5.41, 5.74) is 1.74. The molecule has 1 atom stereocenters. The molecule has 1 aliphatic carbocycles. The van der Waals surface area contributed by atoms with E-state index in [0.717, 1.165) is 11.1 Å². The third-order valence-corrected chi connectivity index (χ3v) is 6.12. The van der Waals surface area contributed by atoms with Crippen molar-refractivity contribution in [3.05, 3.63) is 102 Å². The molecule has 27 heavy (non-hydrogen) atoms. The predicted octanol–water partition coefficient (Wildman–Crippen LogP) is 4.33. The van der Waals surface area contributed by atoms with E-state index in [0.29, 0.717) is 12.1 Å². The molecule has 0 unspecified atom stereocenters. The summed E-state index contributed by atoms with van der Waals surface area (Å²) in [5, 5.41) is 0. The zero-order valence-electron chi connectivity index (χ0n) is 14.8. The first kappa shape index (κ1) is 16.0. The predicted molar refractivity (Wildman–Crippen MR) is 104 cm³/mol. The highest BCUT2D eigenvalue weighted by Gasteiger charge is 2.77. The topological polar surface area (TPSA) is 37.4 Å². The Kier molecular flexibility index (Phi) is 3.35. The van der Waals surface area contributed by atoms with E-state index >= 15 is 0 Å². The van der Waals surface area contributed by atoms with E-state index in [1.54, 1.807) is 0 Å².